The van der Waals surface area contributed by atoms with Gasteiger partial charge in [0.05, 0.1) is 0 Å². The van der Waals surface area contributed by atoms with E-state index in [1.807, 2.05) is 6.07 Å². The van der Waals surface area contributed by atoms with Gasteiger partial charge in [-0.1, -0.05) is 82.3 Å². The van der Waals surface area contributed by atoms with Crippen LogP contribution in [0, 0.1) is 11.8 Å². The third-order valence-electron chi connectivity index (χ3n) is 4.40. The zero-order valence-electron chi connectivity index (χ0n) is 12.9. The molecule has 0 unspecified atom stereocenters. The maximum Gasteiger partial charge on any atom is 0.0456 e. The summed E-state index contributed by atoms with van der Waals surface area (Å²) in [5.41, 5.74) is 10.1. The minimum Gasteiger partial charge on any atom is -0.321 e. The molecule has 0 fully saturated rings. The number of benzene rings is 2. The standard InChI is InChI=1S/C19H25N/c1-14(2)19(20,15(3)4)18-12-10-17(11-13-18)16-8-6-5-7-9-16/h5-15H,20H2,1-4H3. The van der Waals surface area contributed by atoms with Gasteiger partial charge < -0.3 is 5.73 Å². The minimum absolute atomic E-state index is 0.269. The Bertz CT molecular complexity index is 530. The van der Waals surface area contributed by atoms with E-state index in [0.717, 1.165) is 0 Å². The molecule has 0 aliphatic carbocycles. The van der Waals surface area contributed by atoms with E-state index < -0.39 is 0 Å². The second kappa shape index (κ2) is 5.80. The highest BCUT2D eigenvalue weighted by molar-refractivity contribution is 5.63. The Morgan fingerprint density at radius 1 is 0.700 bits per heavy atom. The van der Waals surface area contributed by atoms with E-state index in [9.17, 15) is 0 Å². The van der Waals surface area contributed by atoms with Crippen molar-refractivity contribution in [2.24, 2.45) is 17.6 Å². The summed E-state index contributed by atoms with van der Waals surface area (Å²) in [5, 5.41) is 0. The Morgan fingerprint density at radius 2 is 1.15 bits per heavy atom. The van der Waals surface area contributed by atoms with Gasteiger partial charge in [0.2, 0.25) is 0 Å². The van der Waals surface area contributed by atoms with Crippen molar-refractivity contribution >= 4 is 0 Å². The molecular formula is C19H25N. The number of nitrogens with two attached hydrogens (primary N) is 1. The molecule has 0 aromatic heterocycles. The van der Waals surface area contributed by atoms with Crippen LogP contribution in [-0.4, -0.2) is 0 Å². The molecule has 0 heterocycles. The smallest absolute Gasteiger partial charge is 0.0456 e. The van der Waals surface area contributed by atoms with E-state index in [2.05, 4.69) is 76.2 Å². The highest BCUT2D eigenvalue weighted by Gasteiger charge is 2.34. The van der Waals surface area contributed by atoms with Crippen LogP contribution >= 0.6 is 0 Å². The van der Waals surface area contributed by atoms with Crippen LogP contribution < -0.4 is 5.73 Å². The lowest BCUT2D eigenvalue weighted by atomic mass is 9.72. The first-order valence-corrected chi connectivity index (χ1v) is 7.41. The fourth-order valence-corrected chi connectivity index (χ4v) is 2.92. The zero-order valence-corrected chi connectivity index (χ0v) is 12.9. The van der Waals surface area contributed by atoms with Gasteiger partial charge in [-0.3, -0.25) is 0 Å². The molecular weight excluding hydrogens is 242 g/mol. The first-order chi connectivity index (χ1) is 9.46. The van der Waals surface area contributed by atoms with Gasteiger partial charge in [0.1, 0.15) is 0 Å². The van der Waals surface area contributed by atoms with Crippen molar-refractivity contribution in [3.63, 3.8) is 0 Å². The molecule has 106 valence electrons. The molecule has 0 aliphatic heterocycles. The summed E-state index contributed by atoms with van der Waals surface area (Å²) in [6.07, 6.45) is 0. The van der Waals surface area contributed by atoms with Gasteiger partial charge in [0, 0.05) is 5.54 Å². The fraction of sp³-hybridized carbons (Fsp3) is 0.368. The van der Waals surface area contributed by atoms with Crippen molar-refractivity contribution < 1.29 is 0 Å². The average molecular weight is 267 g/mol. The van der Waals surface area contributed by atoms with Gasteiger partial charge in [-0.15, -0.1) is 0 Å². The van der Waals surface area contributed by atoms with Gasteiger partial charge in [-0.2, -0.15) is 0 Å². The van der Waals surface area contributed by atoms with Crippen LogP contribution in [0.25, 0.3) is 11.1 Å². The molecule has 20 heavy (non-hydrogen) atoms. The largest absolute Gasteiger partial charge is 0.321 e. The molecule has 0 spiro atoms. The second-order valence-corrected chi connectivity index (χ2v) is 6.19. The molecule has 0 amide bonds. The Kier molecular flexibility index (Phi) is 4.29. The lowest BCUT2D eigenvalue weighted by Gasteiger charge is -2.38. The second-order valence-electron chi connectivity index (χ2n) is 6.19. The van der Waals surface area contributed by atoms with Crippen LogP contribution in [0.15, 0.2) is 54.6 Å². The topological polar surface area (TPSA) is 26.0 Å². The van der Waals surface area contributed by atoms with Crippen LogP contribution in [0.4, 0.5) is 0 Å². The van der Waals surface area contributed by atoms with E-state index in [4.69, 9.17) is 5.73 Å². The molecule has 1 nitrogen and oxygen atoms in total. The molecule has 0 saturated heterocycles. The molecule has 0 radical (unpaired) electrons. The van der Waals surface area contributed by atoms with Crippen molar-refractivity contribution in [1.29, 1.82) is 0 Å². The van der Waals surface area contributed by atoms with Crippen molar-refractivity contribution in [1.82, 2.24) is 0 Å². The SMILES string of the molecule is CC(C)C(N)(c1ccc(-c2ccccc2)cc1)C(C)C. The number of hydrogen-bond acceptors (Lipinski definition) is 1. The highest BCUT2D eigenvalue weighted by Crippen LogP contribution is 2.35. The van der Waals surface area contributed by atoms with Crippen molar-refractivity contribution in [3.05, 3.63) is 60.2 Å². The third-order valence-corrected chi connectivity index (χ3v) is 4.40. The maximum absolute atomic E-state index is 6.69. The predicted octanol–water partition coefficient (Wildman–Crippen LogP) is 4.82. The minimum atomic E-state index is -0.269. The van der Waals surface area contributed by atoms with Gasteiger partial charge in [0.15, 0.2) is 0 Å². The summed E-state index contributed by atoms with van der Waals surface area (Å²) >= 11 is 0. The maximum atomic E-state index is 6.69. The van der Waals surface area contributed by atoms with Crippen LogP contribution in [0.1, 0.15) is 33.3 Å². The summed E-state index contributed by atoms with van der Waals surface area (Å²) in [5.74, 6) is 0.815. The molecule has 2 N–H and O–H groups in total. The normalized spacial score (nSPS) is 12.2. The Morgan fingerprint density at radius 3 is 1.60 bits per heavy atom. The van der Waals surface area contributed by atoms with Crippen LogP contribution in [0.5, 0.6) is 0 Å². The lowest BCUT2D eigenvalue weighted by molar-refractivity contribution is 0.227. The first kappa shape index (κ1) is 14.8. The Hall–Kier alpha value is -1.60. The molecule has 2 aromatic carbocycles. The van der Waals surface area contributed by atoms with Crippen LogP contribution in [0.2, 0.25) is 0 Å². The van der Waals surface area contributed by atoms with Gasteiger partial charge >= 0.3 is 0 Å². The molecule has 2 rings (SSSR count). The van der Waals surface area contributed by atoms with Crippen molar-refractivity contribution in [3.8, 4) is 11.1 Å². The summed E-state index contributed by atoms with van der Waals surface area (Å²) in [4.78, 5) is 0. The number of rotatable bonds is 4. The van der Waals surface area contributed by atoms with Gasteiger partial charge in [0.25, 0.3) is 0 Å². The van der Waals surface area contributed by atoms with Gasteiger partial charge in [-0.25, -0.2) is 0 Å². The van der Waals surface area contributed by atoms with Crippen molar-refractivity contribution in [2.75, 3.05) is 0 Å². The number of hydrogen-bond donors (Lipinski definition) is 1. The van der Waals surface area contributed by atoms with Crippen molar-refractivity contribution in [2.45, 2.75) is 33.2 Å². The molecule has 0 bridgehead atoms. The van der Waals surface area contributed by atoms with E-state index >= 15 is 0 Å². The van der Waals surface area contributed by atoms with Crippen LogP contribution in [-0.2, 0) is 5.54 Å². The zero-order chi connectivity index (χ0) is 14.8. The van der Waals surface area contributed by atoms with Gasteiger partial charge in [-0.05, 0) is 28.5 Å². The molecule has 2 aromatic rings. The quantitative estimate of drug-likeness (QED) is 0.844. The predicted molar refractivity (Wildman–Crippen MR) is 87.4 cm³/mol. The summed E-state index contributed by atoms with van der Waals surface area (Å²) < 4.78 is 0. The van der Waals surface area contributed by atoms with E-state index in [0.29, 0.717) is 11.8 Å². The first-order valence-electron chi connectivity index (χ1n) is 7.41. The van der Waals surface area contributed by atoms with E-state index in [-0.39, 0.29) is 5.54 Å². The fourth-order valence-electron chi connectivity index (χ4n) is 2.92. The molecule has 0 atom stereocenters. The average Bonchev–Trinajstić information content (AvgIpc) is 2.47. The third kappa shape index (κ3) is 2.64. The Labute approximate surface area is 122 Å². The molecule has 1 heteroatoms. The lowest BCUT2D eigenvalue weighted by Crippen LogP contribution is -2.46. The van der Waals surface area contributed by atoms with E-state index in [1.165, 1.54) is 16.7 Å². The summed E-state index contributed by atoms with van der Waals surface area (Å²) in [7, 11) is 0. The highest BCUT2D eigenvalue weighted by atomic mass is 14.8. The Balaban J connectivity index is 2.37. The molecule has 0 saturated carbocycles. The van der Waals surface area contributed by atoms with Crippen LogP contribution in [0.3, 0.4) is 0 Å². The molecule has 0 aliphatic rings. The summed E-state index contributed by atoms with van der Waals surface area (Å²) in [6, 6.07) is 19.2. The monoisotopic (exact) mass is 267 g/mol. The summed E-state index contributed by atoms with van der Waals surface area (Å²) in [6.45, 7) is 8.80. The van der Waals surface area contributed by atoms with E-state index in [1.54, 1.807) is 0 Å².